The van der Waals surface area contributed by atoms with Crippen LogP contribution >= 0.6 is 0 Å². The lowest BCUT2D eigenvalue weighted by Gasteiger charge is -2.36. The van der Waals surface area contributed by atoms with E-state index in [9.17, 15) is 14.4 Å². The quantitative estimate of drug-likeness (QED) is 0.203. The van der Waals surface area contributed by atoms with Gasteiger partial charge in [0.25, 0.3) is 0 Å². The van der Waals surface area contributed by atoms with Crippen LogP contribution in [0.3, 0.4) is 0 Å². The molecule has 25 heavy (non-hydrogen) atoms. The third-order valence-electron chi connectivity index (χ3n) is 5.48. The summed E-state index contributed by atoms with van der Waals surface area (Å²) in [5, 5.41) is -0.692. The number of carbonyl (C=O) groups is 3. The van der Waals surface area contributed by atoms with Crippen LogP contribution in [-0.4, -0.2) is 50.3 Å². The van der Waals surface area contributed by atoms with Crippen molar-refractivity contribution in [2.24, 2.45) is 5.92 Å². The summed E-state index contributed by atoms with van der Waals surface area (Å²) in [5.74, 6) is -2.34. The fourth-order valence-electron chi connectivity index (χ4n) is 3.87. The van der Waals surface area contributed by atoms with E-state index in [4.69, 9.17) is 14.2 Å². The van der Waals surface area contributed by atoms with Crippen molar-refractivity contribution in [3.8, 4) is 0 Å². The Bertz CT molecular complexity index is 500. The van der Waals surface area contributed by atoms with Crippen LogP contribution in [-0.2, 0) is 28.6 Å². The lowest BCUT2D eigenvalue weighted by atomic mass is 10.0. The molecule has 0 saturated carbocycles. The normalized spacial score (nSPS) is 24.4. The largest absolute Gasteiger partial charge is 0.468 e. The second kappa shape index (κ2) is 7.99. The van der Waals surface area contributed by atoms with E-state index in [1.54, 1.807) is 20.8 Å². The van der Waals surface area contributed by atoms with Gasteiger partial charge in [-0.25, -0.2) is 0 Å². The average molecular weight is 373 g/mol. The molecule has 1 saturated heterocycles. The molecule has 144 valence electrons. The third-order valence-corrected chi connectivity index (χ3v) is 11.9. The number of carbonyl (C=O) groups excluding carboxylic acids is 3. The maximum Gasteiger partial charge on any atom is 0.320 e. The molecule has 0 aromatic heterocycles. The van der Waals surface area contributed by atoms with Crippen molar-refractivity contribution < 1.29 is 28.6 Å². The number of aldehydes is 1. The maximum absolute atomic E-state index is 12.6. The molecule has 7 heteroatoms. The van der Waals surface area contributed by atoms with Crippen molar-refractivity contribution in [3.63, 3.8) is 0 Å². The van der Waals surface area contributed by atoms with Crippen LogP contribution in [0.4, 0.5) is 0 Å². The van der Waals surface area contributed by atoms with Crippen molar-refractivity contribution in [3.05, 3.63) is 0 Å². The number of methoxy groups -OCH3 is 1. The molecule has 0 spiro atoms. The SMILES string of the molecule is CC[Si](CC)(CC)[C@@]1(CC(C(=O)OC)C(=O)OC(C)(C)C)O[C@@H]1C=O. The van der Waals surface area contributed by atoms with Crippen LogP contribution in [0.15, 0.2) is 0 Å². The number of hydrogen-bond donors (Lipinski definition) is 0. The van der Waals surface area contributed by atoms with Gasteiger partial charge in [0.15, 0.2) is 12.2 Å². The van der Waals surface area contributed by atoms with Crippen LogP contribution in [0, 0.1) is 5.92 Å². The third kappa shape index (κ3) is 4.31. The fraction of sp³-hybridized carbons (Fsp3) is 0.833. The number of esters is 2. The van der Waals surface area contributed by atoms with E-state index in [0.717, 1.165) is 24.4 Å². The van der Waals surface area contributed by atoms with Gasteiger partial charge in [0.05, 0.1) is 20.4 Å². The van der Waals surface area contributed by atoms with Crippen molar-refractivity contribution in [2.45, 2.75) is 83.0 Å². The van der Waals surface area contributed by atoms with Crippen LogP contribution < -0.4 is 0 Å². The van der Waals surface area contributed by atoms with Gasteiger partial charge in [0.1, 0.15) is 11.7 Å². The topological polar surface area (TPSA) is 82.2 Å². The smallest absolute Gasteiger partial charge is 0.320 e. The molecule has 1 unspecified atom stereocenters. The Morgan fingerprint density at radius 3 is 2.00 bits per heavy atom. The molecule has 0 aromatic carbocycles. The summed E-state index contributed by atoms with van der Waals surface area (Å²) >= 11 is 0. The zero-order valence-electron chi connectivity index (χ0n) is 16.5. The Labute approximate surface area is 151 Å². The van der Waals surface area contributed by atoms with Gasteiger partial charge in [-0.2, -0.15) is 0 Å². The summed E-state index contributed by atoms with van der Waals surface area (Å²) in [6.07, 6.45) is 0.403. The number of epoxide rings is 1. The lowest BCUT2D eigenvalue weighted by molar-refractivity contribution is -0.168. The maximum atomic E-state index is 12.6. The zero-order valence-corrected chi connectivity index (χ0v) is 17.5. The fourth-order valence-corrected chi connectivity index (χ4v) is 8.85. The van der Waals surface area contributed by atoms with E-state index in [0.29, 0.717) is 0 Å². The van der Waals surface area contributed by atoms with Crippen LogP contribution in [0.5, 0.6) is 0 Å². The molecule has 0 bridgehead atoms. The van der Waals surface area contributed by atoms with Gasteiger partial charge < -0.3 is 19.0 Å². The Kier molecular flexibility index (Phi) is 6.98. The van der Waals surface area contributed by atoms with E-state index >= 15 is 0 Å². The minimum absolute atomic E-state index is 0.153. The van der Waals surface area contributed by atoms with Crippen LogP contribution in [0.2, 0.25) is 18.1 Å². The Balaban J connectivity index is 3.21. The van der Waals surface area contributed by atoms with Gasteiger partial charge in [-0.1, -0.05) is 38.9 Å². The standard InChI is InChI=1S/C18H32O6Si/c1-8-25(9-2,10-3)18(14(12-19)23-18)11-13(15(20)22-7)16(21)24-17(4,5)6/h12-14H,8-11H2,1-7H3/t13?,14-,18-/m1/s1. The molecule has 1 rings (SSSR count). The summed E-state index contributed by atoms with van der Waals surface area (Å²) in [6, 6.07) is 2.77. The van der Waals surface area contributed by atoms with Gasteiger partial charge >= 0.3 is 11.9 Å². The average Bonchev–Trinajstić information content (AvgIpc) is 3.27. The highest BCUT2D eigenvalue weighted by Gasteiger charge is 2.69. The lowest BCUT2D eigenvalue weighted by Crippen LogP contribution is -2.53. The second-order valence-corrected chi connectivity index (χ2v) is 13.2. The molecule has 1 fully saturated rings. The molecule has 0 N–H and O–H groups in total. The molecule has 1 aliphatic heterocycles. The molecular weight excluding hydrogens is 340 g/mol. The van der Waals surface area contributed by atoms with Crippen molar-refractivity contribution in [2.75, 3.05) is 7.11 Å². The van der Waals surface area contributed by atoms with Crippen molar-refractivity contribution >= 4 is 26.3 Å². The second-order valence-electron chi connectivity index (χ2n) is 7.72. The summed E-state index contributed by atoms with van der Waals surface area (Å²) in [5.41, 5.74) is -0.709. The molecular formula is C18H32O6Si. The molecule has 3 atom stereocenters. The first-order valence-corrected chi connectivity index (χ1v) is 11.6. The monoisotopic (exact) mass is 372 g/mol. The highest BCUT2D eigenvalue weighted by Crippen LogP contribution is 2.52. The number of hydrogen-bond acceptors (Lipinski definition) is 6. The van der Waals surface area contributed by atoms with E-state index in [1.807, 2.05) is 0 Å². The Morgan fingerprint density at radius 1 is 1.16 bits per heavy atom. The van der Waals surface area contributed by atoms with Crippen molar-refractivity contribution in [1.29, 1.82) is 0 Å². The number of ether oxygens (including phenoxy) is 3. The van der Waals surface area contributed by atoms with Gasteiger partial charge in [-0.3, -0.25) is 9.59 Å². The van der Waals surface area contributed by atoms with Crippen molar-refractivity contribution in [1.82, 2.24) is 0 Å². The zero-order chi connectivity index (χ0) is 19.5. The predicted octanol–water partition coefficient (Wildman–Crippen LogP) is 2.89. The summed E-state index contributed by atoms with van der Waals surface area (Å²) in [6.45, 7) is 11.6. The van der Waals surface area contributed by atoms with E-state index < -0.39 is 42.9 Å². The van der Waals surface area contributed by atoms with E-state index in [-0.39, 0.29) is 6.42 Å². The minimum atomic E-state index is -2.01. The molecule has 0 amide bonds. The minimum Gasteiger partial charge on any atom is -0.468 e. The van der Waals surface area contributed by atoms with Gasteiger partial charge in [0, 0.05) is 6.42 Å². The Hall–Kier alpha value is -1.21. The van der Waals surface area contributed by atoms with Crippen LogP contribution in [0.25, 0.3) is 0 Å². The summed E-state index contributed by atoms with van der Waals surface area (Å²) < 4.78 is 16.1. The van der Waals surface area contributed by atoms with Gasteiger partial charge in [0.2, 0.25) is 0 Å². The number of rotatable bonds is 9. The summed E-state index contributed by atoms with van der Waals surface area (Å²) in [7, 11) is -0.761. The van der Waals surface area contributed by atoms with E-state index in [1.165, 1.54) is 7.11 Å². The Morgan fingerprint density at radius 2 is 1.68 bits per heavy atom. The van der Waals surface area contributed by atoms with Gasteiger partial charge in [-0.15, -0.1) is 0 Å². The first kappa shape index (κ1) is 21.8. The first-order chi connectivity index (χ1) is 11.6. The highest BCUT2D eigenvalue weighted by molar-refractivity contribution is 6.83. The molecule has 1 heterocycles. The van der Waals surface area contributed by atoms with E-state index in [2.05, 4.69) is 20.8 Å². The molecule has 0 aromatic rings. The summed E-state index contributed by atoms with van der Waals surface area (Å²) in [4.78, 5) is 36.3. The molecule has 0 radical (unpaired) electrons. The molecule has 1 aliphatic rings. The predicted molar refractivity (Wildman–Crippen MR) is 96.8 cm³/mol. The molecule has 6 nitrogen and oxygen atoms in total. The first-order valence-electron chi connectivity index (χ1n) is 9.00. The van der Waals surface area contributed by atoms with Gasteiger partial charge in [-0.05, 0) is 20.8 Å². The van der Waals surface area contributed by atoms with Crippen LogP contribution in [0.1, 0.15) is 48.0 Å². The highest BCUT2D eigenvalue weighted by atomic mass is 28.3. The molecule has 0 aliphatic carbocycles.